The van der Waals surface area contributed by atoms with Gasteiger partial charge in [-0.15, -0.1) is 11.3 Å². The van der Waals surface area contributed by atoms with Gasteiger partial charge in [0.25, 0.3) is 10.2 Å². The van der Waals surface area contributed by atoms with Crippen molar-refractivity contribution in [2.24, 2.45) is 5.14 Å². The Morgan fingerprint density at radius 3 is 2.32 bits per heavy atom. The van der Waals surface area contributed by atoms with Crippen molar-refractivity contribution < 1.29 is 18.0 Å². The average molecular weight is 503 g/mol. The molecule has 0 spiro atoms. The SMILES string of the molecule is NS(=O)(=O)NCCCCC(NC(=O)Nc1ccccc1)C(=O)Nc1nc(-c2ccccc2)cs1. The molecule has 0 bridgehead atoms. The largest absolute Gasteiger partial charge is 0.326 e. The second-order valence-corrected chi connectivity index (χ2v) is 9.58. The van der Waals surface area contributed by atoms with E-state index in [-0.39, 0.29) is 13.0 Å². The molecule has 34 heavy (non-hydrogen) atoms. The molecule has 1 heterocycles. The van der Waals surface area contributed by atoms with Crippen LogP contribution in [0.2, 0.25) is 0 Å². The first-order valence-electron chi connectivity index (χ1n) is 10.5. The van der Waals surface area contributed by atoms with Gasteiger partial charge in [0.1, 0.15) is 6.04 Å². The molecule has 0 aliphatic heterocycles. The van der Waals surface area contributed by atoms with Gasteiger partial charge in [-0.25, -0.2) is 19.6 Å². The van der Waals surface area contributed by atoms with Gasteiger partial charge in [0.2, 0.25) is 5.91 Å². The number of aromatic nitrogens is 1. The second-order valence-electron chi connectivity index (χ2n) is 7.35. The summed E-state index contributed by atoms with van der Waals surface area (Å²) in [6, 6.07) is 17.0. The zero-order valence-corrected chi connectivity index (χ0v) is 19.9. The third-order valence-electron chi connectivity index (χ3n) is 4.68. The number of anilines is 2. The number of benzene rings is 2. The normalized spacial score (nSPS) is 12.0. The molecule has 1 atom stereocenters. The summed E-state index contributed by atoms with van der Waals surface area (Å²) in [5, 5.41) is 15.3. The number of hydrogen-bond donors (Lipinski definition) is 5. The molecule has 0 saturated carbocycles. The van der Waals surface area contributed by atoms with Crippen LogP contribution in [0.1, 0.15) is 19.3 Å². The summed E-state index contributed by atoms with van der Waals surface area (Å²) in [4.78, 5) is 29.9. The van der Waals surface area contributed by atoms with E-state index >= 15 is 0 Å². The zero-order valence-electron chi connectivity index (χ0n) is 18.2. The number of thiazole rings is 1. The van der Waals surface area contributed by atoms with Gasteiger partial charge in [-0.1, -0.05) is 48.5 Å². The molecule has 3 aromatic rings. The fraction of sp³-hybridized carbons (Fsp3) is 0.227. The first-order valence-corrected chi connectivity index (χ1v) is 12.9. The Hall–Kier alpha value is -3.32. The minimum atomic E-state index is -3.77. The van der Waals surface area contributed by atoms with Crippen molar-refractivity contribution in [1.29, 1.82) is 0 Å². The number of carbonyl (C=O) groups is 2. The van der Waals surface area contributed by atoms with E-state index in [0.29, 0.717) is 23.7 Å². The van der Waals surface area contributed by atoms with Crippen LogP contribution < -0.4 is 25.8 Å². The topological polar surface area (TPSA) is 155 Å². The third-order valence-corrected chi connectivity index (χ3v) is 6.04. The fourth-order valence-corrected chi connectivity index (χ4v) is 4.22. The highest BCUT2D eigenvalue weighted by Gasteiger charge is 2.22. The van der Waals surface area contributed by atoms with Gasteiger partial charge in [0.05, 0.1) is 5.69 Å². The first kappa shape index (κ1) is 25.3. The number of hydrogen-bond acceptors (Lipinski definition) is 6. The van der Waals surface area contributed by atoms with Crippen molar-refractivity contribution in [3.63, 3.8) is 0 Å². The molecule has 0 fully saturated rings. The quantitative estimate of drug-likeness (QED) is 0.255. The van der Waals surface area contributed by atoms with Crippen LogP contribution in [0.4, 0.5) is 15.6 Å². The highest BCUT2D eigenvalue weighted by molar-refractivity contribution is 7.87. The number of urea groups is 1. The van der Waals surface area contributed by atoms with Crippen LogP contribution in [-0.4, -0.2) is 37.9 Å². The summed E-state index contributed by atoms with van der Waals surface area (Å²) in [6.07, 6.45) is 1.20. The van der Waals surface area contributed by atoms with Crippen molar-refractivity contribution in [2.75, 3.05) is 17.2 Å². The van der Waals surface area contributed by atoms with Crippen LogP contribution in [0.5, 0.6) is 0 Å². The van der Waals surface area contributed by atoms with E-state index in [4.69, 9.17) is 5.14 Å². The Kier molecular flexibility index (Phi) is 9.10. The average Bonchev–Trinajstić information content (AvgIpc) is 3.27. The van der Waals surface area contributed by atoms with E-state index in [1.54, 1.807) is 24.3 Å². The number of unbranched alkanes of at least 4 members (excludes halogenated alkanes) is 1. The molecular formula is C22H26N6O4S2. The summed E-state index contributed by atoms with van der Waals surface area (Å²) < 4.78 is 24.2. The fourth-order valence-electron chi connectivity index (χ4n) is 3.07. The first-order chi connectivity index (χ1) is 16.3. The lowest BCUT2D eigenvalue weighted by atomic mass is 10.1. The lowest BCUT2D eigenvalue weighted by Gasteiger charge is -2.18. The number of amides is 3. The smallest absolute Gasteiger partial charge is 0.319 e. The molecule has 0 aliphatic carbocycles. The Bertz CT molecular complexity index is 1190. The van der Waals surface area contributed by atoms with E-state index in [1.807, 2.05) is 41.8 Å². The molecule has 0 saturated heterocycles. The number of para-hydroxylation sites is 1. The van der Waals surface area contributed by atoms with Gasteiger partial charge in [0, 0.05) is 23.2 Å². The Balaban J connectivity index is 1.61. The number of nitrogens with zero attached hydrogens (tertiary/aromatic N) is 1. The van der Waals surface area contributed by atoms with Crippen molar-refractivity contribution in [1.82, 2.24) is 15.0 Å². The van der Waals surface area contributed by atoms with Crippen LogP contribution in [0.25, 0.3) is 11.3 Å². The lowest BCUT2D eigenvalue weighted by molar-refractivity contribution is -0.118. The van der Waals surface area contributed by atoms with Gasteiger partial charge >= 0.3 is 6.03 Å². The minimum absolute atomic E-state index is 0.135. The molecule has 0 aliphatic rings. The maximum atomic E-state index is 13.0. The van der Waals surface area contributed by atoms with Crippen LogP contribution in [-0.2, 0) is 15.0 Å². The molecule has 0 radical (unpaired) electrons. The van der Waals surface area contributed by atoms with Crippen LogP contribution in [0.15, 0.2) is 66.0 Å². The molecule has 6 N–H and O–H groups in total. The van der Waals surface area contributed by atoms with Crippen molar-refractivity contribution >= 4 is 44.3 Å². The lowest BCUT2D eigenvalue weighted by Crippen LogP contribution is -2.45. The highest BCUT2D eigenvalue weighted by Crippen LogP contribution is 2.24. The molecular weight excluding hydrogens is 476 g/mol. The van der Waals surface area contributed by atoms with E-state index in [2.05, 4.69) is 25.7 Å². The van der Waals surface area contributed by atoms with Crippen molar-refractivity contribution in [3.8, 4) is 11.3 Å². The Morgan fingerprint density at radius 2 is 1.65 bits per heavy atom. The predicted molar refractivity (Wildman–Crippen MR) is 134 cm³/mol. The monoisotopic (exact) mass is 502 g/mol. The number of carbonyl (C=O) groups excluding carboxylic acids is 2. The molecule has 2 aromatic carbocycles. The molecule has 1 unspecified atom stereocenters. The maximum Gasteiger partial charge on any atom is 0.319 e. The van der Waals surface area contributed by atoms with Gasteiger partial charge in [-0.3, -0.25) is 4.79 Å². The Labute approximate surface area is 202 Å². The van der Waals surface area contributed by atoms with Crippen LogP contribution in [0.3, 0.4) is 0 Å². The Morgan fingerprint density at radius 1 is 0.971 bits per heavy atom. The van der Waals surface area contributed by atoms with Gasteiger partial charge in [0.15, 0.2) is 5.13 Å². The molecule has 10 nitrogen and oxygen atoms in total. The van der Waals surface area contributed by atoms with E-state index in [9.17, 15) is 18.0 Å². The van der Waals surface area contributed by atoms with Crippen molar-refractivity contribution in [3.05, 3.63) is 66.0 Å². The molecule has 1 aromatic heterocycles. The summed E-state index contributed by atoms with van der Waals surface area (Å²) in [7, 11) is -3.77. The summed E-state index contributed by atoms with van der Waals surface area (Å²) in [6.45, 7) is 0.135. The highest BCUT2D eigenvalue weighted by atomic mass is 32.2. The summed E-state index contributed by atoms with van der Waals surface area (Å²) in [5.41, 5.74) is 2.25. The number of rotatable bonds is 11. The minimum Gasteiger partial charge on any atom is -0.326 e. The number of nitrogens with one attached hydrogen (secondary N) is 4. The van der Waals surface area contributed by atoms with E-state index in [1.165, 1.54) is 11.3 Å². The standard InChI is InChI=1S/C22H26N6O4S2/c23-34(31,32)24-14-8-7-13-18(26-21(30)25-17-11-5-2-6-12-17)20(29)28-22-27-19(15-33-22)16-9-3-1-4-10-16/h1-6,9-12,15,18,24H,7-8,13-14H2,(H2,23,31,32)(H2,25,26,30)(H,27,28,29). The predicted octanol–water partition coefficient (Wildman–Crippen LogP) is 2.90. The number of nitrogens with two attached hydrogens (primary N) is 1. The maximum absolute atomic E-state index is 13.0. The van der Waals surface area contributed by atoms with Crippen LogP contribution in [0, 0.1) is 0 Å². The van der Waals surface area contributed by atoms with Gasteiger partial charge in [-0.05, 0) is 31.4 Å². The third kappa shape index (κ3) is 8.56. The zero-order chi connectivity index (χ0) is 24.4. The van der Waals surface area contributed by atoms with Crippen LogP contribution >= 0.6 is 11.3 Å². The summed E-state index contributed by atoms with van der Waals surface area (Å²) in [5.74, 6) is -0.420. The molecule has 180 valence electrons. The van der Waals surface area contributed by atoms with Gasteiger partial charge < -0.3 is 16.0 Å². The van der Waals surface area contributed by atoms with E-state index in [0.717, 1.165) is 11.3 Å². The molecule has 3 amide bonds. The summed E-state index contributed by atoms with van der Waals surface area (Å²) >= 11 is 1.28. The van der Waals surface area contributed by atoms with Gasteiger partial charge in [-0.2, -0.15) is 8.42 Å². The second kappa shape index (κ2) is 12.2. The molecule has 12 heteroatoms. The van der Waals surface area contributed by atoms with Crippen molar-refractivity contribution in [2.45, 2.75) is 25.3 Å². The molecule has 3 rings (SSSR count). The van der Waals surface area contributed by atoms with E-state index < -0.39 is 28.2 Å².